The molecule has 0 aliphatic heterocycles. The third kappa shape index (κ3) is 2.54. The highest BCUT2D eigenvalue weighted by atomic mass is 16.1. The van der Waals surface area contributed by atoms with Crippen molar-refractivity contribution >= 4 is 11.9 Å². The fourth-order valence-electron chi connectivity index (χ4n) is 1.99. The Morgan fingerprint density at radius 1 is 1.26 bits per heavy atom. The molecule has 1 amide bonds. The van der Waals surface area contributed by atoms with Gasteiger partial charge in [0, 0.05) is 12.6 Å². The molecule has 5 nitrogen and oxygen atoms in total. The normalized spacial score (nSPS) is 10.3. The standard InChI is InChI=1S/C14H16N4O/c1-8-5-4-6-10(7-8)12-11(13(19)16-3)9(2)17-14(15)18-12/h4-7H,1-3H3,(H,16,19)(H2,15,17,18). The highest BCUT2D eigenvalue weighted by Crippen LogP contribution is 2.25. The average molecular weight is 256 g/mol. The van der Waals surface area contributed by atoms with Gasteiger partial charge in [-0.2, -0.15) is 0 Å². The van der Waals surface area contributed by atoms with Gasteiger partial charge in [0.15, 0.2) is 0 Å². The van der Waals surface area contributed by atoms with Crippen LogP contribution in [0.25, 0.3) is 11.3 Å². The molecule has 0 spiro atoms. The van der Waals surface area contributed by atoms with Crippen LogP contribution >= 0.6 is 0 Å². The van der Waals surface area contributed by atoms with E-state index in [1.807, 2.05) is 31.2 Å². The van der Waals surface area contributed by atoms with E-state index in [-0.39, 0.29) is 11.9 Å². The minimum Gasteiger partial charge on any atom is -0.368 e. The lowest BCUT2D eigenvalue weighted by molar-refractivity contribution is 0.0962. The molecule has 2 aromatic rings. The molecule has 0 saturated heterocycles. The second-order valence-electron chi connectivity index (χ2n) is 4.34. The number of nitrogens with one attached hydrogen (secondary N) is 1. The summed E-state index contributed by atoms with van der Waals surface area (Å²) in [4.78, 5) is 20.3. The number of carbonyl (C=O) groups excluding carboxylic acids is 1. The molecule has 3 N–H and O–H groups in total. The number of nitrogens with two attached hydrogens (primary N) is 1. The molecule has 0 fully saturated rings. The summed E-state index contributed by atoms with van der Waals surface area (Å²) in [5.74, 6) is -0.0457. The molecule has 1 aromatic carbocycles. The van der Waals surface area contributed by atoms with Crippen LogP contribution in [0.1, 0.15) is 21.6 Å². The Kier molecular flexibility index (Phi) is 3.46. The van der Waals surface area contributed by atoms with Crippen molar-refractivity contribution in [3.63, 3.8) is 0 Å². The molecule has 0 radical (unpaired) electrons. The molecule has 0 aliphatic carbocycles. The van der Waals surface area contributed by atoms with Gasteiger partial charge in [-0.1, -0.05) is 23.8 Å². The summed E-state index contributed by atoms with van der Waals surface area (Å²) < 4.78 is 0. The molecule has 0 saturated carbocycles. The first-order valence-electron chi connectivity index (χ1n) is 5.96. The first-order valence-corrected chi connectivity index (χ1v) is 5.96. The fraction of sp³-hybridized carbons (Fsp3) is 0.214. The molecule has 19 heavy (non-hydrogen) atoms. The summed E-state index contributed by atoms with van der Waals surface area (Å²) >= 11 is 0. The molecular formula is C14H16N4O. The number of aromatic nitrogens is 2. The topological polar surface area (TPSA) is 80.9 Å². The number of carbonyl (C=O) groups is 1. The maximum absolute atomic E-state index is 12.0. The zero-order valence-corrected chi connectivity index (χ0v) is 11.2. The lowest BCUT2D eigenvalue weighted by Gasteiger charge is -2.11. The largest absolute Gasteiger partial charge is 0.368 e. The Morgan fingerprint density at radius 2 is 2.00 bits per heavy atom. The summed E-state index contributed by atoms with van der Waals surface area (Å²) in [5, 5.41) is 2.61. The molecule has 1 heterocycles. The zero-order valence-electron chi connectivity index (χ0n) is 11.2. The van der Waals surface area contributed by atoms with E-state index in [1.165, 1.54) is 0 Å². The number of benzene rings is 1. The van der Waals surface area contributed by atoms with Crippen molar-refractivity contribution in [3.8, 4) is 11.3 Å². The molecular weight excluding hydrogens is 240 g/mol. The van der Waals surface area contributed by atoms with E-state index in [1.54, 1.807) is 14.0 Å². The second kappa shape index (κ2) is 5.06. The van der Waals surface area contributed by atoms with Crippen LogP contribution in [0.3, 0.4) is 0 Å². The van der Waals surface area contributed by atoms with Crippen LogP contribution in [-0.4, -0.2) is 22.9 Å². The van der Waals surface area contributed by atoms with E-state index in [2.05, 4.69) is 15.3 Å². The SMILES string of the molecule is CNC(=O)c1c(C)nc(N)nc1-c1cccc(C)c1. The van der Waals surface area contributed by atoms with Crippen LogP contribution in [-0.2, 0) is 0 Å². The molecule has 5 heteroatoms. The van der Waals surface area contributed by atoms with Gasteiger partial charge in [-0.25, -0.2) is 9.97 Å². The number of nitrogen functional groups attached to an aromatic ring is 1. The van der Waals surface area contributed by atoms with E-state index in [4.69, 9.17) is 5.73 Å². The van der Waals surface area contributed by atoms with Crippen molar-refractivity contribution in [2.75, 3.05) is 12.8 Å². The molecule has 0 aliphatic rings. The van der Waals surface area contributed by atoms with Crippen molar-refractivity contribution < 1.29 is 4.79 Å². The first-order chi connectivity index (χ1) is 9.02. The monoisotopic (exact) mass is 256 g/mol. The number of hydrogen-bond acceptors (Lipinski definition) is 4. The van der Waals surface area contributed by atoms with Crippen molar-refractivity contribution in [2.45, 2.75) is 13.8 Å². The minimum absolute atomic E-state index is 0.168. The van der Waals surface area contributed by atoms with Crippen molar-refractivity contribution in [1.82, 2.24) is 15.3 Å². The minimum atomic E-state index is -0.214. The Bertz CT molecular complexity index is 637. The average Bonchev–Trinajstić information content (AvgIpc) is 2.37. The molecule has 0 unspecified atom stereocenters. The summed E-state index contributed by atoms with van der Waals surface area (Å²) in [6.45, 7) is 3.74. The lowest BCUT2D eigenvalue weighted by Crippen LogP contribution is -2.21. The highest BCUT2D eigenvalue weighted by molar-refractivity contribution is 6.00. The van der Waals surface area contributed by atoms with E-state index in [0.717, 1.165) is 11.1 Å². The van der Waals surface area contributed by atoms with Crippen molar-refractivity contribution in [3.05, 3.63) is 41.1 Å². The van der Waals surface area contributed by atoms with Gasteiger partial charge in [0.2, 0.25) is 5.95 Å². The number of nitrogens with zero attached hydrogens (tertiary/aromatic N) is 2. The van der Waals surface area contributed by atoms with Crippen LogP contribution in [0.2, 0.25) is 0 Å². The van der Waals surface area contributed by atoms with Crippen molar-refractivity contribution in [1.29, 1.82) is 0 Å². The van der Waals surface area contributed by atoms with Gasteiger partial charge in [-0.05, 0) is 19.9 Å². The van der Waals surface area contributed by atoms with Gasteiger partial charge in [-0.3, -0.25) is 4.79 Å². The quantitative estimate of drug-likeness (QED) is 0.857. The second-order valence-corrected chi connectivity index (χ2v) is 4.34. The van der Waals surface area contributed by atoms with Gasteiger partial charge >= 0.3 is 0 Å². The van der Waals surface area contributed by atoms with Gasteiger partial charge in [0.1, 0.15) is 0 Å². The summed E-state index contributed by atoms with van der Waals surface area (Å²) in [6.07, 6.45) is 0. The molecule has 98 valence electrons. The molecule has 0 atom stereocenters. The van der Waals surface area contributed by atoms with E-state index >= 15 is 0 Å². The Balaban J connectivity index is 2.71. The Hall–Kier alpha value is -2.43. The van der Waals surface area contributed by atoms with Crippen LogP contribution in [0.15, 0.2) is 24.3 Å². The van der Waals surface area contributed by atoms with Crippen LogP contribution in [0.5, 0.6) is 0 Å². The van der Waals surface area contributed by atoms with E-state index in [0.29, 0.717) is 17.0 Å². The number of rotatable bonds is 2. The van der Waals surface area contributed by atoms with Gasteiger partial charge in [-0.15, -0.1) is 0 Å². The van der Waals surface area contributed by atoms with Gasteiger partial charge in [0.25, 0.3) is 5.91 Å². The molecule has 0 bridgehead atoms. The number of anilines is 1. The van der Waals surface area contributed by atoms with E-state index in [9.17, 15) is 4.79 Å². The third-order valence-electron chi connectivity index (χ3n) is 2.85. The molecule has 2 rings (SSSR count). The summed E-state index contributed by atoms with van der Waals surface area (Å²) in [5.41, 5.74) is 9.24. The Labute approximate surface area is 111 Å². The maximum Gasteiger partial charge on any atom is 0.255 e. The highest BCUT2D eigenvalue weighted by Gasteiger charge is 2.18. The first kappa shape index (κ1) is 13.0. The maximum atomic E-state index is 12.0. The molecule has 1 aromatic heterocycles. The van der Waals surface area contributed by atoms with Crippen LogP contribution in [0.4, 0.5) is 5.95 Å². The predicted octanol–water partition coefficient (Wildman–Crippen LogP) is 1.70. The van der Waals surface area contributed by atoms with Gasteiger partial charge < -0.3 is 11.1 Å². The lowest BCUT2D eigenvalue weighted by atomic mass is 10.0. The Morgan fingerprint density at radius 3 is 2.63 bits per heavy atom. The summed E-state index contributed by atoms with van der Waals surface area (Å²) in [7, 11) is 1.58. The van der Waals surface area contributed by atoms with E-state index < -0.39 is 0 Å². The van der Waals surface area contributed by atoms with Gasteiger partial charge in [0.05, 0.1) is 17.0 Å². The predicted molar refractivity (Wildman–Crippen MR) is 74.7 cm³/mol. The number of hydrogen-bond donors (Lipinski definition) is 2. The zero-order chi connectivity index (χ0) is 14.0. The van der Waals surface area contributed by atoms with Crippen LogP contribution < -0.4 is 11.1 Å². The number of amides is 1. The van der Waals surface area contributed by atoms with Crippen molar-refractivity contribution in [2.24, 2.45) is 0 Å². The smallest absolute Gasteiger partial charge is 0.255 e. The third-order valence-corrected chi connectivity index (χ3v) is 2.85. The number of aryl methyl sites for hydroxylation is 2. The van der Waals surface area contributed by atoms with Crippen LogP contribution in [0, 0.1) is 13.8 Å². The fourth-order valence-corrected chi connectivity index (χ4v) is 1.99. The summed E-state index contributed by atoms with van der Waals surface area (Å²) in [6, 6.07) is 7.78.